The zero-order valence-electron chi connectivity index (χ0n) is 13.2. The lowest BCUT2D eigenvalue weighted by atomic mass is 9.99. The zero-order chi connectivity index (χ0) is 15.4. The van der Waals surface area contributed by atoms with Crippen LogP contribution in [0.25, 0.3) is 0 Å². The molecule has 6 heteroatoms. The van der Waals surface area contributed by atoms with Crippen molar-refractivity contribution in [3.05, 3.63) is 18.0 Å². The number of hydrogen-bond donors (Lipinski definition) is 1. The molecule has 6 nitrogen and oxygen atoms in total. The van der Waals surface area contributed by atoms with Gasteiger partial charge in [-0.25, -0.2) is 0 Å². The third kappa shape index (κ3) is 3.63. The minimum Gasteiger partial charge on any atom is -0.383 e. The van der Waals surface area contributed by atoms with Crippen molar-refractivity contribution in [3.8, 4) is 0 Å². The molecule has 1 aromatic heterocycles. The average Bonchev–Trinajstić information content (AvgIpc) is 2.87. The van der Waals surface area contributed by atoms with Gasteiger partial charge in [-0.1, -0.05) is 0 Å². The summed E-state index contributed by atoms with van der Waals surface area (Å²) < 4.78 is 7.05. The van der Waals surface area contributed by atoms with E-state index in [2.05, 4.69) is 18.9 Å². The van der Waals surface area contributed by atoms with Crippen LogP contribution >= 0.6 is 0 Å². The fraction of sp³-hybridized carbons (Fsp3) is 0.733. The Labute approximate surface area is 126 Å². The molecule has 0 bridgehead atoms. The number of ether oxygens (including phenoxy) is 1. The van der Waals surface area contributed by atoms with Crippen molar-refractivity contribution in [1.29, 1.82) is 0 Å². The number of carbonyl (C=O) groups excluding carboxylic acids is 1. The quantitative estimate of drug-likeness (QED) is 0.893. The number of amides is 1. The van der Waals surface area contributed by atoms with E-state index in [9.17, 15) is 4.79 Å². The first-order chi connectivity index (χ1) is 10.0. The molecule has 0 spiro atoms. The first-order valence-corrected chi connectivity index (χ1v) is 7.62. The molecule has 1 fully saturated rings. The van der Waals surface area contributed by atoms with Gasteiger partial charge in [-0.05, 0) is 26.7 Å². The molecule has 2 unspecified atom stereocenters. The predicted octanol–water partition coefficient (Wildman–Crippen LogP) is 1.49. The summed E-state index contributed by atoms with van der Waals surface area (Å²) in [6.07, 6.45) is 6.10. The number of hydrogen-bond acceptors (Lipinski definition) is 4. The van der Waals surface area contributed by atoms with Gasteiger partial charge in [-0.2, -0.15) is 5.10 Å². The monoisotopic (exact) mass is 294 g/mol. The van der Waals surface area contributed by atoms with Crippen molar-refractivity contribution in [2.24, 2.45) is 5.73 Å². The van der Waals surface area contributed by atoms with E-state index in [0.717, 1.165) is 18.4 Å². The van der Waals surface area contributed by atoms with Gasteiger partial charge in [0.2, 0.25) is 5.91 Å². The molecule has 1 aliphatic heterocycles. The van der Waals surface area contributed by atoms with E-state index in [-0.39, 0.29) is 18.0 Å². The van der Waals surface area contributed by atoms with Gasteiger partial charge in [0.25, 0.3) is 0 Å². The molecule has 1 aromatic rings. The van der Waals surface area contributed by atoms with Crippen LogP contribution in [0.15, 0.2) is 12.4 Å². The number of likely N-dealkylation sites (tertiary alicyclic amines) is 1. The molecule has 2 rings (SSSR count). The third-order valence-electron chi connectivity index (χ3n) is 4.02. The number of nitrogens with two attached hydrogens (primary N) is 1. The molecule has 2 heterocycles. The average molecular weight is 294 g/mol. The third-order valence-corrected chi connectivity index (χ3v) is 4.02. The van der Waals surface area contributed by atoms with Crippen molar-refractivity contribution in [1.82, 2.24) is 14.7 Å². The van der Waals surface area contributed by atoms with E-state index in [1.54, 1.807) is 7.11 Å². The van der Waals surface area contributed by atoms with Crippen molar-refractivity contribution >= 4 is 5.91 Å². The SMILES string of the molecule is COCCN1C(=O)CCCC(N)C1c1cnn(C(C)C)c1. The van der Waals surface area contributed by atoms with Crippen LogP contribution in [0.5, 0.6) is 0 Å². The maximum Gasteiger partial charge on any atom is 0.223 e. The number of methoxy groups -OCH3 is 1. The Morgan fingerprint density at radius 3 is 2.90 bits per heavy atom. The minimum atomic E-state index is -0.109. The van der Waals surface area contributed by atoms with Gasteiger partial charge in [-0.15, -0.1) is 0 Å². The van der Waals surface area contributed by atoms with Crippen LogP contribution in [0.4, 0.5) is 0 Å². The molecule has 21 heavy (non-hydrogen) atoms. The van der Waals surface area contributed by atoms with E-state index in [0.29, 0.717) is 25.6 Å². The number of nitrogens with zero attached hydrogens (tertiary/aromatic N) is 3. The van der Waals surface area contributed by atoms with E-state index < -0.39 is 0 Å². The Balaban J connectivity index is 2.29. The summed E-state index contributed by atoms with van der Waals surface area (Å²) in [7, 11) is 1.65. The van der Waals surface area contributed by atoms with Crippen LogP contribution in [0.1, 0.15) is 50.8 Å². The highest BCUT2D eigenvalue weighted by Crippen LogP contribution is 2.30. The Morgan fingerprint density at radius 1 is 1.52 bits per heavy atom. The molecule has 1 aliphatic rings. The highest BCUT2D eigenvalue weighted by molar-refractivity contribution is 5.77. The van der Waals surface area contributed by atoms with Crippen LogP contribution in [-0.2, 0) is 9.53 Å². The maximum atomic E-state index is 12.4. The van der Waals surface area contributed by atoms with Crippen LogP contribution < -0.4 is 5.73 Å². The smallest absolute Gasteiger partial charge is 0.223 e. The Kier molecular flexibility index (Phi) is 5.36. The Hall–Kier alpha value is -1.40. The normalized spacial score (nSPS) is 23.7. The van der Waals surface area contributed by atoms with E-state index in [4.69, 9.17) is 10.5 Å². The topological polar surface area (TPSA) is 73.4 Å². The molecule has 0 aromatic carbocycles. The van der Waals surface area contributed by atoms with Crippen LogP contribution in [0.3, 0.4) is 0 Å². The molecular formula is C15H26N4O2. The molecular weight excluding hydrogens is 268 g/mol. The van der Waals surface area contributed by atoms with Gasteiger partial charge < -0.3 is 15.4 Å². The second kappa shape index (κ2) is 7.04. The van der Waals surface area contributed by atoms with Gasteiger partial charge in [0.1, 0.15) is 0 Å². The minimum absolute atomic E-state index is 0.0573. The van der Waals surface area contributed by atoms with Gasteiger partial charge in [0.15, 0.2) is 0 Å². The fourth-order valence-corrected chi connectivity index (χ4v) is 2.85. The van der Waals surface area contributed by atoms with Gasteiger partial charge in [0.05, 0.1) is 18.8 Å². The molecule has 118 valence electrons. The van der Waals surface area contributed by atoms with E-state index in [1.807, 2.05) is 22.0 Å². The summed E-state index contributed by atoms with van der Waals surface area (Å²) in [4.78, 5) is 14.2. The number of carbonyl (C=O) groups is 1. The Morgan fingerprint density at radius 2 is 2.29 bits per heavy atom. The molecule has 1 amide bonds. The van der Waals surface area contributed by atoms with Crippen LogP contribution in [0, 0.1) is 0 Å². The van der Waals surface area contributed by atoms with Crippen molar-refractivity contribution in [2.45, 2.75) is 51.2 Å². The van der Waals surface area contributed by atoms with Crippen molar-refractivity contribution < 1.29 is 9.53 Å². The summed E-state index contributed by atoms with van der Waals surface area (Å²) >= 11 is 0. The van der Waals surface area contributed by atoms with Crippen molar-refractivity contribution in [3.63, 3.8) is 0 Å². The van der Waals surface area contributed by atoms with Crippen molar-refractivity contribution in [2.75, 3.05) is 20.3 Å². The Bertz CT molecular complexity index is 472. The molecule has 0 saturated carbocycles. The zero-order valence-corrected chi connectivity index (χ0v) is 13.2. The molecule has 0 aliphatic carbocycles. The number of aromatic nitrogens is 2. The maximum absolute atomic E-state index is 12.4. The molecule has 1 saturated heterocycles. The fourth-order valence-electron chi connectivity index (χ4n) is 2.85. The highest BCUT2D eigenvalue weighted by atomic mass is 16.5. The summed E-state index contributed by atoms with van der Waals surface area (Å²) in [5.41, 5.74) is 7.37. The van der Waals surface area contributed by atoms with Gasteiger partial charge in [-0.3, -0.25) is 9.48 Å². The van der Waals surface area contributed by atoms with Crippen LogP contribution in [-0.4, -0.2) is 46.9 Å². The second-order valence-corrected chi connectivity index (χ2v) is 5.93. The van der Waals surface area contributed by atoms with E-state index >= 15 is 0 Å². The van der Waals surface area contributed by atoms with Crippen LogP contribution in [0.2, 0.25) is 0 Å². The molecule has 2 N–H and O–H groups in total. The standard InChI is InChI=1S/C15H26N4O2/c1-11(2)19-10-12(9-17-19)15-13(16)5-4-6-14(20)18(15)7-8-21-3/h9-11,13,15H,4-8,16H2,1-3H3. The highest BCUT2D eigenvalue weighted by Gasteiger charge is 2.33. The lowest BCUT2D eigenvalue weighted by molar-refractivity contribution is -0.134. The lowest BCUT2D eigenvalue weighted by Gasteiger charge is -2.32. The predicted molar refractivity (Wildman–Crippen MR) is 80.8 cm³/mol. The van der Waals surface area contributed by atoms with E-state index in [1.165, 1.54) is 0 Å². The first kappa shape index (κ1) is 16.0. The summed E-state index contributed by atoms with van der Waals surface area (Å²) in [6.45, 7) is 5.25. The first-order valence-electron chi connectivity index (χ1n) is 7.62. The van der Waals surface area contributed by atoms with Gasteiger partial charge >= 0.3 is 0 Å². The largest absolute Gasteiger partial charge is 0.383 e. The summed E-state index contributed by atoms with van der Waals surface area (Å²) in [5, 5.41) is 4.39. The lowest BCUT2D eigenvalue weighted by Crippen LogP contribution is -2.43. The summed E-state index contributed by atoms with van der Waals surface area (Å²) in [5.74, 6) is 0.155. The molecule has 2 atom stereocenters. The number of rotatable bonds is 5. The second-order valence-electron chi connectivity index (χ2n) is 5.93. The summed E-state index contributed by atoms with van der Waals surface area (Å²) in [6, 6.07) is 0.129. The molecule has 0 radical (unpaired) electrons. The van der Waals surface area contributed by atoms with Gasteiger partial charge in [0, 0.05) is 43.9 Å².